The van der Waals surface area contributed by atoms with Gasteiger partial charge >= 0.3 is 0 Å². The Morgan fingerprint density at radius 1 is 1.18 bits per heavy atom. The molecule has 0 bridgehead atoms. The van der Waals surface area contributed by atoms with Crippen LogP contribution in [0.15, 0.2) is 4.99 Å². The third-order valence-corrected chi connectivity index (χ3v) is 4.04. The zero-order valence-corrected chi connectivity index (χ0v) is 10.6. The molecule has 4 heteroatoms. The summed E-state index contributed by atoms with van der Waals surface area (Å²) >= 11 is 0. The summed E-state index contributed by atoms with van der Waals surface area (Å²) in [6, 6.07) is 0.484. The van der Waals surface area contributed by atoms with E-state index in [0.717, 1.165) is 19.3 Å². The molecule has 0 aromatic heterocycles. The molecule has 0 aliphatic heterocycles. The quantitative estimate of drug-likeness (QED) is 0.397. The van der Waals surface area contributed by atoms with Crippen molar-refractivity contribution in [2.75, 3.05) is 6.54 Å². The highest BCUT2D eigenvalue weighted by atomic mass is 16.3. The minimum Gasteiger partial charge on any atom is -0.388 e. The molecule has 0 aromatic rings. The Balaban J connectivity index is 1.74. The number of guanidine groups is 1. The Morgan fingerprint density at radius 3 is 2.35 bits per heavy atom. The first-order valence-corrected chi connectivity index (χ1v) is 6.97. The molecule has 2 aliphatic rings. The highest BCUT2D eigenvalue weighted by Crippen LogP contribution is 2.31. The first kappa shape index (κ1) is 12.7. The molecule has 0 spiro atoms. The van der Waals surface area contributed by atoms with Crippen LogP contribution in [0.2, 0.25) is 0 Å². The van der Waals surface area contributed by atoms with Crippen LogP contribution >= 0.6 is 0 Å². The Kier molecular flexibility index (Phi) is 4.26. The summed E-state index contributed by atoms with van der Waals surface area (Å²) in [5, 5.41) is 13.2. The van der Waals surface area contributed by atoms with Crippen molar-refractivity contribution in [3.05, 3.63) is 0 Å². The monoisotopic (exact) mass is 239 g/mol. The van der Waals surface area contributed by atoms with Crippen molar-refractivity contribution in [3.8, 4) is 0 Å². The summed E-state index contributed by atoms with van der Waals surface area (Å²) in [5.74, 6) is 0.511. The van der Waals surface area contributed by atoms with Gasteiger partial charge in [0.05, 0.1) is 12.1 Å². The van der Waals surface area contributed by atoms with Crippen molar-refractivity contribution >= 4 is 5.96 Å². The Hall–Kier alpha value is -0.770. The number of aliphatic hydroxyl groups is 1. The average Bonchev–Trinajstić information content (AvgIpc) is 2.52. The summed E-state index contributed by atoms with van der Waals surface area (Å²) in [7, 11) is 0. The highest BCUT2D eigenvalue weighted by Gasteiger charge is 2.34. The fourth-order valence-corrected chi connectivity index (χ4v) is 2.65. The SMILES string of the molecule is NC(=NCC1(O)CCC1)NC1CCCCCC1. The molecule has 0 atom stereocenters. The Morgan fingerprint density at radius 2 is 1.82 bits per heavy atom. The van der Waals surface area contributed by atoms with Crippen LogP contribution in [0.3, 0.4) is 0 Å². The maximum atomic E-state index is 9.92. The maximum Gasteiger partial charge on any atom is 0.188 e. The van der Waals surface area contributed by atoms with E-state index in [1.165, 1.54) is 38.5 Å². The predicted octanol–water partition coefficient (Wildman–Crippen LogP) is 1.53. The zero-order valence-electron chi connectivity index (χ0n) is 10.6. The Labute approximate surface area is 104 Å². The maximum absolute atomic E-state index is 9.92. The summed E-state index contributed by atoms with van der Waals surface area (Å²) in [5.41, 5.74) is 5.31. The molecule has 0 amide bonds. The fourth-order valence-electron chi connectivity index (χ4n) is 2.65. The van der Waals surface area contributed by atoms with Crippen LogP contribution in [0, 0.1) is 0 Å². The normalized spacial score (nSPS) is 26.1. The lowest BCUT2D eigenvalue weighted by molar-refractivity contribution is -0.0236. The molecule has 2 aliphatic carbocycles. The smallest absolute Gasteiger partial charge is 0.188 e. The highest BCUT2D eigenvalue weighted by molar-refractivity contribution is 5.78. The molecule has 17 heavy (non-hydrogen) atoms. The van der Waals surface area contributed by atoms with Crippen LogP contribution in [0.1, 0.15) is 57.8 Å². The molecule has 0 radical (unpaired) electrons. The molecule has 0 heterocycles. The number of nitrogens with one attached hydrogen (secondary N) is 1. The number of nitrogens with zero attached hydrogens (tertiary/aromatic N) is 1. The largest absolute Gasteiger partial charge is 0.388 e. The Bertz CT molecular complexity index is 266. The van der Waals surface area contributed by atoms with E-state index in [-0.39, 0.29) is 0 Å². The third-order valence-electron chi connectivity index (χ3n) is 4.04. The van der Waals surface area contributed by atoms with Gasteiger partial charge in [0.2, 0.25) is 0 Å². The van der Waals surface area contributed by atoms with Gasteiger partial charge in [-0.25, -0.2) is 0 Å². The van der Waals surface area contributed by atoms with E-state index in [1.807, 2.05) is 0 Å². The minimum atomic E-state index is -0.560. The second kappa shape index (κ2) is 5.71. The van der Waals surface area contributed by atoms with E-state index < -0.39 is 5.60 Å². The van der Waals surface area contributed by atoms with E-state index in [4.69, 9.17) is 5.73 Å². The first-order valence-electron chi connectivity index (χ1n) is 6.97. The average molecular weight is 239 g/mol. The van der Waals surface area contributed by atoms with Gasteiger partial charge in [0.1, 0.15) is 0 Å². The standard InChI is InChI=1S/C13H25N3O/c14-12(15-10-13(17)8-5-9-13)16-11-6-3-1-2-4-7-11/h11,17H,1-10H2,(H3,14,15,16). The molecule has 0 aromatic carbocycles. The number of nitrogens with two attached hydrogens (primary N) is 1. The van der Waals surface area contributed by atoms with Gasteiger partial charge in [-0.3, -0.25) is 4.99 Å². The van der Waals surface area contributed by atoms with Gasteiger partial charge in [0.15, 0.2) is 5.96 Å². The lowest BCUT2D eigenvalue weighted by Gasteiger charge is -2.35. The van der Waals surface area contributed by atoms with E-state index in [2.05, 4.69) is 10.3 Å². The number of hydrogen-bond donors (Lipinski definition) is 3. The van der Waals surface area contributed by atoms with Crippen molar-refractivity contribution in [3.63, 3.8) is 0 Å². The summed E-state index contributed by atoms with van der Waals surface area (Å²) in [6.07, 6.45) is 10.5. The molecule has 0 unspecified atom stereocenters. The second-order valence-corrected chi connectivity index (χ2v) is 5.61. The predicted molar refractivity (Wildman–Crippen MR) is 69.9 cm³/mol. The molecule has 2 rings (SSSR count). The van der Waals surface area contributed by atoms with Crippen molar-refractivity contribution in [1.29, 1.82) is 0 Å². The van der Waals surface area contributed by atoms with E-state index in [9.17, 15) is 5.11 Å². The van der Waals surface area contributed by atoms with Gasteiger partial charge in [-0.15, -0.1) is 0 Å². The van der Waals surface area contributed by atoms with E-state index in [0.29, 0.717) is 18.5 Å². The number of rotatable bonds is 3. The van der Waals surface area contributed by atoms with Crippen LogP contribution < -0.4 is 11.1 Å². The van der Waals surface area contributed by atoms with Crippen LogP contribution in [-0.2, 0) is 0 Å². The summed E-state index contributed by atoms with van der Waals surface area (Å²) in [4.78, 5) is 4.28. The molecule has 0 saturated heterocycles. The fraction of sp³-hybridized carbons (Fsp3) is 0.923. The lowest BCUT2D eigenvalue weighted by Crippen LogP contribution is -2.44. The van der Waals surface area contributed by atoms with Crippen LogP contribution in [0.5, 0.6) is 0 Å². The van der Waals surface area contributed by atoms with Gasteiger partial charge in [-0.1, -0.05) is 25.7 Å². The van der Waals surface area contributed by atoms with Crippen molar-refractivity contribution in [1.82, 2.24) is 5.32 Å². The molecule has 98 valence electrons. The van der Waals surface area contributed by atoms with E-state index >= 15 is 0 Å². The summed E-state index contributed by atoms with van der Waals surface area (Å²) in [6.45, 7) is 0.457. The van der Waals surface area contributed by atoms with Crippen LogP contribution in [0.25, 0.3) is 0 Å². The molecular weight excluding hydrogens is 214 g/mol. The van der Waals surface area contributed by atoms with E-state index in [1.54, 1.807) is 0 Å². The van der Waals surface area contributed by atoms with Crippen LogP contribution in [-0.4, -0.2) is 29.3 Å². The molecule has 4 N–H and O–H groups in total. The lowest BCUT2D eigenvalue weighted by atomic mass is 9.80. The van der Waals surface area contributed by atoms with Gasteiger partial charge in [0, 0.05) is 6.04 Å². The van der Waals surface area contributed by atoms with Gasteiger partial charge < -0.3 is 16.2 Å². The molecule has 4 nitrogen and oxygen atoms in total. The minimum absolute atomic E-state index is 0.457. The van der Waals surface area contributed by atoms with Crippen LogP contribution in [0.4, 0.5) is 0 Å². The molecule has 2 saturated carbocycles. The number of hydrogen-bond acceptors (Lipinski definition) is 2. The molecule has 2 fully saturated rings. The number of aliphatic imine (C=N–C) groups is 1. The second-order valence-electron chi connectivity index (χ2n) is 5.61. The topological polar surface area (TPSA) is 70.6 Å². The van der Waals surface area contributed by atoms with Gasteiger partial charge in [-0.05, 0) is 32.1 Å². The first-order chi connectivity index (χ1) is 8.18. The third kappa shape index (κ3) is 3.87. The van der Waals surface area contributed by atoms with Crippen molar-refractivity contribution in [2.45, 2.75) is 69.4 Å². The van der Waals surface area contributed by atoms with Crippen molar-refractivity contribution < 1.29 is 5.11 Å². The van der Waals surface area contributed by atoms with Gasteiger partial charge in [0.25, 0.3) is 0 Å². The zero-order chi connectivity index (χ0) is 12.1. The molecular formula is C13H25N3O. The van der Waals surface area contributed by atoms with Crippen molar-refractivity contribution in [2.24, 2.45) is 10.7 Å². The van der Waals surface area contributed by atoms with Gasteiger partial charge in [-0.2, -0.15) is 0 Å². The summed E-state index contributed by atoms with van der Waals surface area (Å²) < 4.78 is 0.